The summed E-state index contributed by atoms with van der Waals surface area (Å²) in [5.74, 6) is 0. The van der Waals surface area contributed by atoms with Crippen LogP contribution in [-0.2, 0) is 0 Å². The van der Waals surface area contributed by atoms with E-state index in [0.717, 1.165) is 12.8 Å². The summed E-state index contributed by atoms with van der Waals surface area (Å²) in [6, 6.07) is 2.26. The molecule has 0 aliphatic rings. The summed E-state index contributed by atoms with van der Waals surface area (Å²) in [5, 5.41) is 20.8. The van der Waals surface area contributed by atoms with Crippen LogP contribution in [0, 0.1) is 11.3 Å². The van der Waals surface area contributed by atoms with E-state index < -0.39 is 0 Å². The molecular formula is C9H18N2O. The van der Waals surface area contributed by atoms with Gasteiger partial charge in [0.15, 0.2) is 0 Å². The molecule has 0 fully saturated rings. The topological polar surface area (TPSA) is 56.0 Å². The molecule has 3 nitrogen and oxygen atoms in total. The van der Waals surface area contributed by atoms with E-state index in [1.165, 1.54) is 0 Å². The molecule has 0 rings (SSSR count). The van der Waals surface area contributed by atoms with Crippen LogP contribution >= 0.6 is 0 Å². The number of nitriles is 1. The van der Waals surface area contributed by atoms with Gasteiger partial charge < -0.3 is 10.4 Å². The Morgan fingerprint density at radius 1 is 1.58 bits per heavy atom. The summed E-state index contributed by atoms with van der Waals surface area (Å²) in [6.07, 6.45) is 2.05. The minimum absolute atomic E-state index is 0.182. The zero-order valence-electron chi connectivity index (χ0n) is 7.88. The average Bonchev–Trinajstić information content (AvgIpc) is 2.02. The van der Waals surface area contributed by atoms with Crippen LogP contribution in [0.3, 0.4) is 0 Å². The SMILES string of the molecule is CCCC(O)CNC(C)CC#N. The third-order valence-electron chi connectivity index (χ3n) is 1.72. The molecule has 0 amide bonds. The predicted octanol–water partition coefficient (Wildman–Crippen LogP) is 1.04. The molecule has 2 unspecified atom stereocenters. The quantitative estimate of drug-likeness (QED) is 0.626. The third-order valence-corrected chi connectivity index (χ3v) is 1.72. The molecule has 0 spiro atoms. The van der Waals surface area contributed by atoms with Crippen LogP contribution in [0.4, 0.5) is 0 Å². The number of nitrogens with zero attached hydrogens (tertiary/aromatic N) is 1. The van der Waals surface area contributed by atoms with Gasteiger partial charge in [-0.25, -0.2) is 0 Å². The lowest BCUT2D eigenvalue weighted by atomic mass is 10.2. The van der Waals surface area contributed by atoms with E-state index in [2.05, 4.69) is 11.4 Å². The van der Waals surface area contributed by atoms with Gasteiger partial charge in [-0.15, -0.1) is 0 Å². The number of aliphatic hydroxyl groups excluding tert-OH is 1. The van der Waals surface area contributed by atoms with Gasteiger partial charge in [-0.2, -0.15) is 5.26 Å². The molecule has 0 aliphatic carbocycles. The van der Waals surface area contributed by atoms with E-state index in [1.807, 2.05) is 13.8 Å². The fourth-order valence-electron chi connectivity index (χ4n) is 0.982. The maximum atomic E-state index is 9.32. The van der Waals surface area contributed by atoms with E-state index in [0.29, 0.717) is 13.0 Å². The molecule has 2 atom stereocenters. The van der Waals surface area contributed by atoms with E-state index in [1.54, 1.807) is 0 Å². The third kappa shape index (κ3) is 6.14. The molecular weight excluding hydrogens is 152 g/mol. The van der Waals surface area contributed by atoms with Crippen LogP contribution in [-0.4, -0.2) is 23.8 Å². The van der Waals surface area contributed by atoms with Gasteiger partial charge in [0.1, 0.15) is 0 Å². The van der Waals surface area contributed by atoms with Gasteiger partial charge >= 0.3 is 0 Å². The second-order valence-electron chi connectivity index (χ2n) is 3.11. The lowest BCUT2D eigenvalue weighted by Crippen LogP contribution is -2.33. The van der Waals surface area contributed by atoms with Crippen molar-refractivity contribution in [2.75, 3.05) is 6.54 Å². The monoisotopic (exact) mass is 170 g/mol. The molecule has 12 heavy (non-hydrogen) atoms. The molecule has 0 aromatic rings. The van der Waals surface area contributed by atoms with Crippen molar-refractivity contribution in [2.24, 2.45) is 0 Å². The van der Waals surface area contributed by atoms with E-state index in [-0.39, 0.29) is 12.1 Å². The molecule has 2 N–H and O–H groups in total. The molecule has 0 heterocycles. The Bertz CT molecular complexity index is 142. The first-order valence-corrected chi connectivity index (χ1v) is 4.49. The van der Waals surface area contributed by atoms with Crippen molar-refractivity contribution in [1.29, 1.82) is 5.26 Å². The van der Waals surface area contributed by atoms with Gasteiger partial charge in [-0.1, -0.05) is 13.3 Å². The zero-order valence-corrected chi connectivity index (χ0v) is 7.88. The second kappa shape index (κ2) is 7.08. The summed E-state index contributed by atoms with van der Waals surface area (Å²) in [7, 11) is 0. The van der Waals surface area contributed by atoms with Gasteiger partial charge in [0.05, 0.1) is 18.6 Å². The lowest BCUT2D eigenvalue weighted by Gasteiger charge is -2.13. The zero-order chi connectivity index (χ0) is 9.40. The summed E-state index contributed by atoms with van der Waals surface area (Å²) in [5.41, 5.74) is 0. The highest BCUT2D eigenvalue weighted by atomic mass is 16.3. The summed E-state index contributed by atoms with van der Waals surface area (Å²) < 4.78 is 0. The first-order chi connectivity index (χ1) is 5.70. The number of hydrogen-bond acceptors (Lipinski definition) is 3. The van der Waals surface area contributed by atoms with Crippen LogP contribution in [0.1, 0.15) is 33.1 Å². The molecule has 0 aliphatic heterocycles. The molecule has 0 bridgehead atoms. The smallest absolute Gasteiger partial charge is 0.0664 e. The predicted molar refractivity (Wildman–Crippen MR) is 48.6 cm³/mol. The molecule has 3 heteroatoms. The van der Waals surface area contributed by atoms with Gasteiger partial charge in [-0.05, 0) is 13.3 Å². The van der Waals surface area contributed by atoms with Crippen molar-refractivity contribution in [3.63, 3.8) is 0 Å². The molecule has 0 saturated heterocycles. The van der Waals surface area contributed by atoms with Crippen molar-refractivity contribution in [3.05, 3.63) is 0 Å². The summed E-state index contributed by atoms with van der Waals surface area (Å²) in [6.45, 7) is 4.58. The first kappa shape index (κ1) is 11.4. The Labute approximate surface area is 74.4 Å². The Hall–Kier alpha value is -0.590. The van der Waals surface area contributed by atoms with Gasteiger partial charge in [0.25, 0.3) is 0 Å². The Kier molecular flexibility index (Phi) is 6.73. The van der Waals surface area contributed by atoms with E-state index in [4.69, 9.17) is 5.26 Å². The number of aliphatic hydroxyl groups is 1. The second-order valence-corrected chi connectivity index (χ2v) is 3.11. The van der Waals surface area contributed by atoms with Crippen molar-refractivity contribution in [2.45, 2.75) is 45.3 Å². The molecule has 70 valence electrons. The highest BCUT2D eigenvalue weighted by Gasteiger charge is 2.04. The van der Waals surface area contributed by atoms with Gasteiger partial charge in [0, 0.05) is 12.6 Å². The minimum atomic E-state index is -0.267. The Morgan fingerprint density at radius 3 is 2.75 bits per heavy atom. The Morgan fingerprint density at radius 2 is 2.25 bits per heavy atom. The first-order valence-electron chi connectivity index (χ1n) is 4.49. The summed E-state index contributed by atoms with van der Waals surface area (Å²) >= 11 is 0. The highest BCUT2D eigenvalue weighted by molar-refractivity contribution is 4.77. The van der Waals surface area contributed by atoms with E-state index in [9.17, 15) is 5.11 Å². The number of hydrogen-bond donors (Lipinski definition) is 2. The molecule has 0 radical (unpaired) electrons. The van der Waals surface area contributed by atoms with Gasteiger partial charge in [0.2, 0.25) is 0 Å². The highest BCUT2D eigenvalue weighted by Crippen LogP contribution is 1.95. The lowest BCUT2D eigenvalue weighted by molar-refractivity contribution is 0.157. The van der Waals surface area contributed by atoms with E-state index >= 15 is 0 Å². The van der Waals surface area contributed by atoms with Crippen LogP contribution in [0.2, 0.25) is 0 Å². The average molecular weight is 170 g/mol. The fraction of sp³-hybridized carbons (Fsp3) is 0.889. The van der Waals surface area contributed by atoms with Crippen molar-refractivity contribution in [1.82, 2.24) is 5.32 Å². The largest absolute Gasteiger partial charge is 0.392 e. The fourth-order valence-corrected chi connectivity index (χ4v) is 0.982. The number of nitrogens with one attached hydrogen (secondary N) is 1. The number of rotatable bonds is 6. The van der Waals surface area contributed by atoms with Crippen LogP contribution in [0.5, 0.6) is 0 Å². The van der Waals surface area contributed by atoms with Crippen LogP contribution < -0.4 is 5.32 Å². The van der Waals surface area contributed by atoms with Crippen molar-refractivity contribution in [3.8, 4) is 6.07 Å². The maximum absolute atomic E-state index is 9.32. The van der Waals surface area contributed by atoms with Crippen LogP contribution in [0.25, 0.3) is 0 Å². The Balaban J connectivity index is 3.34. The summed E-state index contributed by atoms with van der Waals surface area (Å²) in [4.78, 5) is 0. The van der Waals surface area contributed by atoms with Gasteiger partial charge in [-0.3, -0.25) is 0 Å². The standard InChI is InChI=1S/C9H18N2O/c1-3-4-9(12)7-11-8(2)5-6-10/h8-9,11-12H,3-5,7H2,1-2H3. The van der Waals surface area contributed by atoms with Crippen molar-refractivity contribution >= 4 is 0 Å². The van der Waals surface area contributed by atoms with Crippen molar-refractivity contribution < 1.29 is 5.11 Å². The minimum Gasteiger partial charge on any atom is -0.392 e. The van der Waals surface area contributed by atoms with Crippen LogP contribution in [0.15, 0.2) is 0 Å². The maximum Gasteiger partial charge on any atom is 0.0664 e. The molecule has 0 saturated carbocycles. The molecule has 0 aromatic heterocycles. The normalized spacial score (nSPS) is 15.2. The molecule has 0 aromatic carbocycles.